The highest BCUT2D eigenvalue weighted by Gasteiger charge is 2.08. The van der Waals surface area contributed by atoms with E-state index in [2.05, 4.69) is 6.92 Å². The van der Waals surface area contributed by atoms with E-state index >= 15 is 0 Å². The van der Waals surface area contributed by atoms with Gasteiger partial charge in [0.15, 0.2) is 0 Å². The Morgan fingerprint density at radius 1 is 0.750 bits per heavy atom. The van der Waals surface area contributed by atoms with Crippen LogP contribution in [-0.2, 0) is 16.0 Å². The quantitative estimate of drug-likeness (QED) is 0.0656. The molecule has 0 atom stereocenters. The maximum atomic E-state index is 12.2. The molecule has 212 valence electrons. The van der Waals surface area contributed by atoms with Crippen molar-refractivity contribution in [3.63, 3.8) is 0 Å². The number of ether oxygens (including phenoxy) is 3. The minimum Gasteiger partial charge on any atom is -0.494 e. The summed E-state index contributed by atoms with van der Waals surface area (Å²) < 4.78 is 16.5. The number of carbonyl (C=O) groups is 2. The van der Waals surface area contributed by atoms with Crippen LogP contribution >= 0.6 is 0 Å². The van der Waals surface area contributed by atoms with Gasteiger partial charge in [-0.15, -0.1) is 0 Å². The monoisotopic (exact) mass is 544 g/mol. The molecule has 40 heavy (non-hydrogen) atoms. The van der Waals surface area contributed by atoms with Crippen molar-refractivity contribution >= 4 is 29.4 Å². The lowest BCUT2D eigenvalue weighted by molar-refractivity contribution is -0.128. The fourth-order valence-electron chi connectivity index (χ4n) is 4.08. The van der Waals surface area contributed by atoms with Crippen molar-refractivity contribution < 1.29 is 23.8 Å². The Bertz CT molecular complexity index is 1220. The molecule has 0 saturated heterocycles. The molecule has 0 bridgehead atoms. The number of hydrogen-bond acceptors (Lipinski definition) is 7. The molecule has 4 N–H and O–H groups in total. The Morgan fingerprint density at radius 2 is 1.40 bits per heavy atom. The first-order valence-electron chi connectivity index (χ1n) is 14.0. The van der Waals surface area contributed by atoms with Gasteiger partial charge in [-0.3, -0.25) is 0 Å². The lowest BCUT2D eigenvalue weighted by atomic mass is 10.1. The molecule has 0 unspecified atom stereocenters. The van der Waals surface area contributed by atoms with E-state index < -0.39 is 11.9 Å². The number of carbonyl (C=O) groups excluding carboxylic acids is 2. The van der Waals surface area contributed by atoms with E-state index in [1.54, 1.807) is 24.3 Å². The molecular formula is C33H40N2O5. The summed E-state index contributed by atoms with van der Waals surface area (Å²) in [5.74, 6) is 0.444. The lowest BCUT2D eigenvalue weighted by Gasteiger charge is -2.08. The molecule has 0 aliphatic heterocycles. The normalized spacial score (nSPS) is 10.9. The summed E-state index contributed by atoms with van der Waals surface area (Å²) in [6.45, 7) is 3.08. The number of benzene rings is 3. The van der Waals surface area contributed by atoms with Crippen molar-refractivity contribution in [2.24, 2.45) is 0 Å². The second-order valence-electron chi connectivity index (χ2n) is 9.71. The Balaban J connectivity index is 1.29. The van der Waals surface area contributed by atoms with Crippen LogP contribution in [0.5, 0.6) is 11.5 Å². The average molecular weight is 545 g/mol. The summed E-state index contributed by atoms with van der Waals surface area (Å²) in [6.07, 6.45) is 11.5. The maximum Gasteiger partial charge on any atom is 0.338 e. The van der Waals surface area contributed by atoms with Crippen LogP contribution in [0.25, 0.3) is 6.08 Å². The zero-order valence-electron chi connectivity index (χ0n) is 23.3. The van der Waals surface area contributed by atoms with Gasteiger partial charge in [0.25, 0.3) is 0 Å². The number of unbranched alkanes of at least 4 members (excludes halogenated alkanes) is 5. The minimum atomic E-state index is -0.431. The van der Waals surface area contributed by atoms with E-state index in [0.717, 1.165) is 37.0 Å². The van der Waals surface area contributed by atoms with E-state index in [1.165, 1.54) is 37.3 Å². The first-order valence-corrected chi connectivity index (χ1v) is 14.0. The second kappa shape index (κ2) is 16.6. The van der Waals surface area contributed by atoms with Crippen molar-refractivity contribution in [3.8, 4) is 11.5 Å². The van der Waals surface area contributed by atoms with Gasteiger partial charge in [-0.25, -0.2) is 9.59 Å². The molecule has 0 aromatic heterocycles. The fraction of sp³-hybridized carbons (Fsp3) is 0.333. The summed E-state index contributed by atoms with van der Waals surface area (Å²) in [6, 6.07) is 19.9. The number of anilines is 2. The van der Waals surface area contributed by atoms with Crippen molar-refractivity contribution in [1.82, 2.24) is 0 Å². The van der Waals surface area contributed by atoms with Crippen LogP contribution in [0.15, 0.2) is 72.8 Å². The van der Waals surface area contributed by atoms with Crippen molar-refractivity contribution in [2.75, 3.05) is 24.7 Å². The smallest absolute Gasteiger partial charge is 0.338 e. The molecule has 0 aliphatic carbocycles. The highest BCUT2D eigenvalue weighted by atomic mass is 16.5. The SMILES string of the molecule is CCCCCCc1ccc(OC(=O)C=Cc2ccc(OCCCCCOC(=O)c3cc(N)cc(N)c3)cc2)cc1. The minimum absolute atomic E-state index is 0.321. The standard InChI is InChI=1S/C33H40N2O5/c1-2-3-4-6-9-25-12-17-31(18-13-25)40-32(36)19-14-26-10-15-30(16-11-26)38-20-7-5-8-21-39-33(37)27-22-28(34)24-29(35)23-27/h10-19,22-24H,2-9,20-21,34-35H2,1H3. The molecule has 7 heteroatoms. The highest BCUT2D eigenvalue weighted by Crippen LogP contribution is 2.17. The van der Waals surface area contributed by atoms with Gasteiger partial charge in [0.1, 0.15) is 11.5 Å². The van der Waals surface area contributed by atoms with E-state index in [-0.39, 0.29) is 0 Å². The van der Waals surface area contributed by atoms with Gasteiger partial charge in [-0.05, 0) is 91.8 Å². The van der Waals surface area contributed by atoms with Gasteiger partial charge in [0.2, 0.25) is 0 Å². The molecule has 0 saturated carbocycles. The first-order chi connectivity index (χ1) is 19.4. The number of rotatable bonds is 16. The van der Waals surface area contributed by atoms with E-state index in [4.69, 9.17) is 25.7 Å². The molecule has 0 amide bonds. The van der Waals surface area contributed by atoms with Crippen LogP contribution in [0.2, 0.25) is 0 Å². The summed E-state index contributed by atoms with van der Waals surface area (Å²) >= 11 is 0. The first kappa shape index (κ1) is 30.3. The number of nitrogens with two attached hydrogens (primary N) is 2. The predicted molar refractivity (Wildman–Crippen MR) is 160 cm³/mol. The predicted octanol–water partition coefficient (Wildman–Crippen LogP) is 7.00. The van der Waals surface area contributed by atoms with E-state index in [1.807, 2.05) is 48.5 Å². The zero-order valence-corrected chi connectivity index (χ0v) is 23.3. The molecule has 0 fully saturated rings. The molecule has 3 rings (SSSR count). The maximum absolute atomic E-state index is 12.2. The van der Waals surface area contributed by atoms with Gasteiger partial charge >= 0.3 is 11.9 Å². The van der Waals surface area contributed by atoms with E-state index in [0.29, 0.717) is 35.9 Å². The molecule has 0 spiro atoms. The summed E-state index contributed by atoms with van der Waals surface area (Å²) in [5.41, 5.74) is 14.8. The topological polar surface area (TPSA) is 114 Å². The molecule has 0 aliphatic rings. The van der Waals surface area contributed by atoms with Crippen LogP contribution in [-0.4, -0.2) is 25.2 Å². The van der Waals surface area contributed by atoms with Crippen molar-refractivity contribution in [3.05, 3.63) is 89.5 Å². The van der Waals surface area contributed by atoms with Crippen molar-refractivity contribution in [1.29, 1.82) is 0 Å². The second-order valence-corrected chi connectivity index (χ2v) is 9.71. The zero-order chi connectivity index (χ0) is 28.6. The van der Waals surface area contributed by atoms with Gasteiger partial charge < -0.3 is 25.7 Å². The van der Waals surface area contributed by atoms with Gasteiger partial charge in [0, 0.05) is 17.5 Å². The molecule has 0 radical (unpaired) electrons. The third-order valence-corrected chi connectivity index (χ3v) is 6.26. The average Bonchev–Trinajstić information content (AvgIpc) is 2.94. The van der Waals surface area contributed by atoms with E-state index in [9.17, 15) is 9.59 Å². The van der Waals surface area contributed by atoms with Crippen LogP contribution < -0.4 is 20.9 Å². The number of hydrogen-bond donors (Lipinski definition) is 2. The third kappa shape index (κ3) is 11.2. The van der Waals surface area contributed by atoms with Gasteiger partial charge in [0.05, 0.1) is 18.8 Å². The molecule has 3 aromatic rings. The van der Waals surface area contributed by atoms with Crippen LogP contribution in [0, 0.1) is 0 Å². The summed E-state index contributed by atoms with van der Waals surface area (Å²) in [5, 5.41) is 0. The Labute approximate surface area is 237 Å². The summed E-state index contributed by atoms with van der Waals surface area (Å²) in [7, 11) is 0. The van der Waals surface area contributed by atoms with Gasteiger partial charge in [-0.2, -0.15) is 0 Å². The third-order valence-electron chi connectivity index (χ3n) is 6.26. The van der Waals surface area contributed by atoms with Crippen molar-refractivity contribution in [2.45, 2.75) is 58.3 Å². The molecule has 3 aromatic carbocycles. The number of nitrogen functional groups attached to an aromatic ring is 2. The van der Waals surface area contributed by atoms with Gasteiger partial charge in [-0.1, -0.05) is 50.5 Å². The molecular weight excluding hydrogens is 504 g/mol. The lowest BCUT2D eigenvalue weighted by Crippen LogP contribution is -2.08. The Hall–Kier alpha value is -4.26. The van der Waals surface area contributed by atoms with Crippen LogP contribution in [0.1, 0.15) is 73.4 Å². The van der Waals surface area contributed by atoms with Crippen LogP contribution in [0.3, 0.4) is 0 Å². The fourth-order valence-corrected chi connectivity index (χ4v) is 4.08. The Kier molecular flexibility index (Phi) is 12.6. The summed E-state index contributed by atoms with van der Waals surface area (Å²) in [4.78, 5) is 24.3. The Morgan fingerprint density at radius 3 is 2.10 bits per heavy atom. The molecule has 7 nitrogen and oxygen atoms in total. The highest BCUT2D eigenvalue weighted by molar-refractivity contribution is 5.91. The molecule has 0 heterocycles. The number of esters is 2. The van der Waals surface area contributed by atoms with Crippen LogP contribution in [0.4, 0.5) is 11.4 Å². The largest absolute Gasteiger partial charge is 0.494 e. The number of aryl methyl sites for hydroxylation is 1.